The summed E-state index contributed by atoms with van der Waals surface area (Å²) in [6.07, 6.45) is 2.58. The number of hydrogen-bond acceptors (Lipinski definition) is 2. The summed E-state index contributed by atoms with van der Waals surface area (Å²) < 4.78 is 38.3. The van der Waals surface area contributed by atoms with Crippen molar-refractivity contribution in [3.05, 3.63) is 35.4 Å². The highest BCUT2D eigenvalue weighted by Gasteiger charge is 2.31. The van der Waals surface area contributed by atoms with Crippen molar-refractivity contribution < 1.29 is 13.2 Å². The lowest BCUT2D eigenvalue weighted by molar-refractivity contribution is -0.137. The zero-order chi connectivity index (χ0) is 15.5. The Labute approximate surface area is 128 Å². The summed E-state index contributed by atoms with van der Waals surface area (Å²) >= 11 is 1.86. The van der Waals surface area contributed by atoms with Crippen LogP contribution in [0.25, 0.3) is 0 Å². The van der Waals surface area contributed by atoms with Crippen LogP contribution in [0.5, 0.6) is 0 Å². The normalized spacial score (nSPS) is 24.8. The fourth-order valence-corrected chi connectivity index (χ4v) is 3.92. The van der Waals surface area contributed by atoms with Crippen molar-refractivity contribution in [2.24, 2.45) is 0 Å². The summed E-state index contributed by atoms with van der Waals surface area (Å²) in [4.78, 5) is 0. The molecule has 3 unspecified atom stereocenters. The molecule has 1 aromatic carbocycles. The Balaban J connectivity index is 2.07. The predicted octanol–water partition coefficient (Wildman–Crippen LogP) is 5.03. The van der Waals surface area contributed by atoms with Gasteiger partial charge in [0.25, 0.3) is 0 Å². The molecule has 0 aromatic heterocycles. The van der Waals surface area contributed by atoms with Gasteiger partial charge in [-0.2, -0.15) is 24.9 Å². The SMILES string of the molecule is CSC1CCCCC1NC(C)c1cccc(C(F)(F)F)c1. The zero-order valence-electron chi connectivity index (χ0n) is 12.4. The van der Waals surface area contributed by atoms with Crippen LogP contribution in [0.15, 0.2) is 24.3 Å². The number of nitrogens with one attached hydrogen (secondary N) is 1. The standard InChI is InChI=1S/C16H22F3NS/c1-11(20-14-8-3-4-9-15(14)21-2)12-6-5-7-13(10-12)16(17,18)19/h5-7,10-11,14-15,20H,3-4,8-9H2,1-2H3. The van der Waals surface area contributed by atoms with E-state index in [0.29, 0.717) is 16.9 Å². The van der Waals surface area contributed by atoms with Crippen LogP contribution in [0, 0.1) is 0 Å². The van der Waals surface area contributed by atoms with Gasteiger partial charge >= 0.3 is 6.18 Å². The molecule has 0 spiro atoms. The number of benzene rings is 1. The molecule has 0 aliphatic heterocycles. The van der Waals surface area contributed by atoms with Gasteiger partial charge in [0.1, 0.15) is 0 Å². The average Bonchev–Trinajstić information content (AvgIpc) is 2.47. The van der Waals surface area contributed by atoms with Gasteiger partial charge in [0, 0.05) is 17.3 Å². The number of halogens is 3. The number of alkyl halides is 3. The van der Waals surface area contributed by atoms with Gasteiger partial charge in [-0.05, 0) is 43.7 Å². The minimum Gasteiger partial charge on any atom is -0.306 e. The van der Waals surface area contributed by atoms with Gasteiger partial charge in [-0.3, -0.25) is 0 Å². The highest BCUT2D eigenvalue weighted by molar-refractivity contribution is 7.99. The number of hydrogen-bond donors (Lipinski definition) is 1. The Kier molecular flexibility index (Phi) is 5.60. The predicted molar refractivity (Wildman–Crippen MR) is 82.6 cm³/mol. The number of thioether (sulfide) groups is 1. The quantitative estimate of drug-likeness (QED) is 0.836. The van der Waals surface area contributed by atoms with E-state index in [4.69, 9.17) is 0 Å². The minimum absolute atomic E-state index is 0.0648. The summed E-state index contributed by atoms with van der Waals surface area (Å²) in [5.74, 6) is 0. The van der Waals surface area contributed by atoms with E-state index in [1.165, 1.54) is 31.4 Å². The third kappa shape index (κ3) is 4.39. The van der Waals surface area contributed by atoms with Crippen LogP contribution < -0.4 is 5.32 Å². The monoisotopic (exact) mass is 317 g/mol. The molecule has 5 heteroatoms. The first kappa shape index (κ1) is 16.7. The van der Waals surface area contributed by atoms with E-state index in [2.05, 4.69) is 11.6 Å². The lowest BCUT2D eigenvalue weighted by Crippen LogP contribution is -2.41. The molecule has 1 aromatic rings. The van der Waals surface area contributed by atoms with Crippen LogP contribution in [-0.4, -0.2) is 17.5 Å². The van der Waals surface area contributed by atoms with Crippen molar-refractivity contribution in [1.82, 2.24) is 5.32 Å². The van der Waals surface area contributed by atoms with Crippen LogP contribution in [0.4, 0.5) is 13.2 Å². The lowest BCUT2D eigenvalue weighted by atomic mass is 9.93. The smallest absolute Gasteiger partial charge is 0.306 e. The molecule has 1 nitrogen and oxygen atoms in total. The highest BCUT2D eigenvalue weighted by atomic mass is 32.2. The van der Waals surface area contributed by atoms with Crippen LogP contribution in [0.1, 0.15) is 49.8 Å². The van der Waals surface area contributed by atoms with E-state index in [0.717, 1.165) is 12.5 Å². The molecule has 0 amide bonds. The van der Waals surface area contributed by atoms with Gasteiger partial charge in [-0.15, -0.1) is 0 Å². The maximum atomic E-state index is 12.8. The fraction of sp³-hybridized carbons (Fsp3) is 0.625. The third-order valence-electron chi connectivity index (χ3n) is 4.18. The van der Waals surface area contributed by atoms with Crippen molar-refractivity contribution in [1.29, 1.82) is 0 Å². The van der Waals surface area contributed by atoms with Gasteiger partial charge in [0.15, 0.2) is 0 Å². The molecule has 0 saturated heterocycles. The minimum atomic E-state index is -4.28. The molecule has 1 aliphatic carbocycles. The fourth-order valence-electron chi connectivity index (χ4n) is 2.97. The van der Waals surface area contributed by atoms with Crippen LogP contribution in [-0.2, 0) is 6.18 Å². The molecule has 0 bridgehead atoms. The van der Waals surface area contributed by atoms with E-state index in [-0.39, 0.29) is 6.04 Å². The Morgan fingerprint density at radius 2 is 1.95 bits per heavy atom. The molecule has 21 heavy (non-hydrogen) atoms. The summed E-state index contributed by atoms with van der Waals surface area (Å²) in [6.45, 7) is 1.95. The first-order valence-electron chi connectivity index (χ1n) is 7.38. The maximum absolute atomic E-state index is 12.8. The Hall–Kier alpha value is -0.680. The van der Waals surface area contributed by atoms with Crippen LogP contribution in [0.3, 0.4) is 0 Å². The van der Waals surface area contributed by atoms with Crippen molar-refractivity contribution >= 4 is 11.8 Å². The molecule has 3 atom stereocenters. The van der Waals surface area contributed by atoms with E-state index < -0.39 is 11.7 Å². The van der Waals surface area contributed by atoms with Gasteiger partial charge in [-0.25, -0.2) is 0 Å². The largest absolute Gasteiger partial charge is 0.416 e. The van der Waals surface area contributed by atoms with Gasteiger partial charge in [-0.1, -0.05) is 25.0 Å². The molecular weight excluding hydrogens is 295 g/mol. The highest BCUT2D eigenvalue weighted by Crippen LogP contribution is 2.32. The molecule has 118 valence electrons. The van der Waals surface area contributed by atoms with Crippen LogP contribution >= 0.6 is 11.8 Å². The molecule has 0 radical (unpaired) electrons. The molecule has 2 rings (SSSR count). The molecule has 0 heterocycles. The Bertz CT molecular complexity index is 461. The maximum Gasteiger partial charge on any atom is 0.416 e. The first-order valence-corrected chi connectivity index (χ1v) is 8.66. The van der Waals surface area contributed by atoms with Gasteiger partial charge in [0.2, 0.25) is 0 Å². The van der Waals surface area contributed by atoms with Crippen molar-refractivity contribution in [3.8, 4) is 0 Å². The Morgan fingerprint density at radius 1 is 1.24 bits per heavy atom. The molecule has 1 N–H and O–H groups in total. The Morgan fingerprint density at radius 3 is 2.62 bits per heavy atom. The second-order valence-corrected chi connectivity index (χ2v) is 6.75. The topological polar surface area (TPSA) is 12.0 Å². The van der Waals surface area contributed by atoms with Crippen LogP contribution in [0.2, 0.25) is 0 Å². The average molecular weight is 317 g/mol. The van der Waals surface area contributed by atoms with Gasteiger partial charge in [0.05, 0.1) is 5.56 Å². The molecule has 1 fully saturated rings. The zero-order valence-corrected chi connectivity index (χ0v) is 13.2. The second-order valence-electron chi connectivity index (χ2n) is 5.68. The van der Waals surface area contributed by atoms with Gasteiger partial charge < -0.3 is 5.32 Å². The van der Waals surface area contributed by atoms with E-state index in [9.17, 15) is 13.2 Å². The number of rotatable bonds is 4. The lowest BCUT2D eigenvalue weighted by Gasteiger charge is -2.33. The summed E-state index contributed by atoms with van der Waals surface area (Å²) in [7, 11) is 0. The van der Waals surface area contributed by atoms with E-state index >= 15 is 0 Å². The summed E-state index contributed by atoms with van der Waals surface area (Å²) in [5.41, 5.74) is 0.133. The van der Waals surface area contributed by atoms with E-state index in [1.54, 1.807) is 6.07 Å². The third-order valence-corrected chi connectivity index (χ3v) is 5.35. The summed E-state index contributed by atoms with van der Waals surface area (Å²) in [6, 6.07) is 5.96. The van der Waals surface area contributed by atoms with Crippen molar-refractivity contribution in [2.45, 2.75) is 56.1 Å². The van der Waals surface area contributed by atoms with E-state index in [1.807, 2.05) is 18.7 Å². The van der Waals surface area contributed by atoms with Crippen molar-refractivity contribution in [2.75, 3.05) is 6.26 Å². The first-order chi connectivity index (χ1) is 9.91. The second kappa shape index (κ2) is 7.05. The molecular formula is C16H22F3NS. The molecule has 1 aliphatic rings. The summed E-state index contributed by atoms with van der Waals surface area (Å²) in [5, 5.41) is 4.09. The van der Waals surface area contributed by atoms with Crippen molar-refractivity contribution in [3.63, 3.8) is 0 Å². The molecule has 1 saturated carbocycles.